The van der Waals surface area contributed by atoms with E-state index in [2.05, 4.69) is 22.2 Å². The topological polar surface area (TPSA) is 64.6 Å². The van der Waals surface area contributed by atoms with Crippen LogP contribution >= 0.6 is 0 Å². The molecule has 0 saturated carbocycles. The normalized spacial score (nSPS) is 16.9. The summed E-state index contributed by atoms with van der Waals surface area (Å²) in [7, 11) is 1.34. The van der Waals surface area contributed by atoms with E-state index in [4.69, 9.17) is 4.74 Å². The lowest BCUT2D eigenvalue weighted by molar-refractivity contribution is -0.128. The van der Waals surface area contributed by atoms with Crippen molar-refractivity contribution in [2.45, 2.75) is 38.3 Å². The first kappa shape index (κ1) is 18.0. The summed E-state index contributed by atoms with van der Waals surface area (Å²) in [5.74, 6) is -0.0219. The van der Waals surface area contributed by atoms with Crippen LogP contribution in [0.1, 0.15) is 47.3 Å². The van der Waals surface area contributed by atoms with Crippen molar-refractivity contribution in [1.82, 2.24) is 5.32 Å². The second kappa shape index (κ2) is 8.04. The molecule has 0 unspecified atom stereocenters. The minimum absolute atomic E-state index is 0.0280. The van der Waals surface area contributed by atoms with Crippen molar-refractivity contribution < 1.29 is 19.1 Å². The minimum atomic E-state index is -0.631. The first-order valence-electron chi connectivity index (χ1n) is 8.81. The molecule has 1 amide bonds. The molecule has 0 heterocycles. The maximum Gasteiger partial charge on any atom is 0.337 e. The van der Waals surface area contributed by atoms with Crippen LogP contribution in [0.15, 0.2) is 48.5 Å². The average molecular weight is 353 g/mol. The predicted octanol–water partition coefficient (Wildman–Crippen LogP) is 3.43. The summed E-state index contributed by atoms with van der Waals surface area (Å²) >= 11 is 0. The van der Waals surface area contributed by atoms with E-state index in [1.54, 1.807) is 31.2 Å². The highest BCUT2D eigenvalue weighted by atomic mass is 16.5. The Kier molecular flexibility index (Phi) is 5.56. The van der Waals surface area contributed by atoms with Gasteiger partial charge in [-0.05, 0) is 61.6 Å². The van der Waals surface area contributed by atoms with E-state index in [1.165, 1.54) is 18.2 Å². The molecule has 1 aliphatic rings. The van der Waals surface area contributed by atoms with E-state index in [9.17, 15) is 9.59 Å². The third-order valence-corrected chi connectivity index (χ3v) is 4.64. The zero-order valence-electron chi connectivity index (χ0n) is 15.0. The first-order valence-corrected chi connectivity index (χ1v) is 8.81. The Balaban J connectivity index is 1.61. The van der Waals surface area contributed by atoms with Crippen molar-refractivity contribution >= 4 is 11.9 Å². The van der Waals surface area contributed by atoms with Crippen LogP contribution in [0.4, 0.5) is 0 Å². The van der Waals surface area contributed by atoms with Gasteiger partial charge in [-0.3, -0.25) is 4.79 Å². The fraction of sp³-hybridized carbons (Fsp3) is 0.333. The molecule has 0 saturated heterocycles. The number of methoxy groups -OCH3 is 1. The summed E-state index contributed by atoms with van der Waals surface area (Å²) in [6.07, 6.45) is 2.42. The van der Waals surface area contributed by atoms with Gasteiger partial charge >= 0.3 is 5.97 Å². The quantitative estimate of drug-likeness (QED) is 0.837. The van der Waals surface area contributed by atoms with Crippen LogP contribution in [-0.4, -0.2) is 25.1 Å². The van der Waals surface area contributed by atoms with E-state index in [-0.39, 0.29) is 11.9 Å². The number of carbonyl (C=O) groups excluding carboxylic acids is 2. The Morgan fingerprint density at radius 3 is 2.58 bits per heavy atom. The Bertz CT molecular complexity index is 785. The fourth-order valence-electron chi connectivity index (χ4n) is 3.24. The average Bonchev–Trinajstić information content (AvgIpc) is 2.68. The minimum Gasteiger partial charge on any atom is -0.481 e. The molecule has 0 aliphatic heterocycles. The number of rotatable bonds is 5. The molecule has 2 aromatic rings. The molecule has 2 aromatic carbocycles. The summed E-state index contributed by atoms with van der Waals surface area (Å²) in [4.78, 5) is 24.0. The molecule has 0 radical (unpaired) electrons. The zero-order valence-corrected chi connectivity index (χ0v) is 15.0. The van der Waals surface area contributed by atoms with E-state index in [0.717, 1.165) is 19.3 Å². The highest BCUT2D eigenvalue weighted by Gasteiger charge is 2.24. The third-order valence-electron chi connectivity index (χ3n) is 4.64. The zero-order chi connectivity index (χ0) is 18.5. The Morgan fingerprint density at radius 2 is 1.85 bits per heavy atom. The van der Waals surface area contributed by atoms with Crippen molar-refractivity contribution in [2.24, 2.45) is 0 Å². The number of nitrogens with one attached hydrogen (secondary N) is 1. The molecule has 26 heavy (non-hydrogen) atoms. The Morgan fingerprint density at radius 1 is 1.12 bits per heavy atom. The summed E-state index contributed by atoms with van der Waals surface area (Å²) in [5, 5.41) is 3.10. The standard InChI is InChI=1S/C21H23NO4/c1-14(26-17-12-10-16(11-13-17)21(24)25-2)20(23)22-19-9-5-7-15-6-3-4-8-18(15)19/h3-4,6,8,10-14,19H,5,7,9H2,1-2H3,(H,22,23)/t14-,19-/m1/s1. The van der Waals surface area contributed by atoms with Crippen molar-refractivity contribution in [3.05, 3.63) is 65.2 Å². The highest BCUT2D eigenvalue weighted by Crippen LogP contribution is 2.29. The number of carbonyl (C=O) groups is 2. The maximum absolute atomic E-state index is 12.5. The van der Waals surface area contributed by atoms with Crippen LogP contribution in [0.25, 0.3) is 0 Å². The Hall–Kier alpha value is -2.82. The van der Waals surface area contributed by atoms with Gasteiger partial charge in [-0.1, -0.05) is 24.3 Å². The van der Waals surface area contributed by atoms with Crippen LogP contribution in [0.2, 0.25) is 0 Å². The SMILES string of the molecule is COC(=O)c1ccc(O[C@H](C)C(=O)N[C@@H]2CCCc3ccccc32)cc1. The summed E-state index contributed by atoms with van der Waals surface area (Å²) < 4.78 is 10.4. The maximum atomic E-state index is 12.5. The van der Waals surface area contributed by atoms with Gasteiger partial charge in [-0.2, -0.15) is 0 Å². The van der Waals surface area contributed by atoms with Gasteiger partial charge in [0.05, 0.1) is 18.7 Å². The molecule has 136 valence electrons. The number of aryl methyl sites for hydroxylation is 1. The van der Waals surface area contributed by atoms with Gasteiger partial charge in [-0.15, -0.1) is 0 Å². The molecule has 5 nitrogen and oxygen atoms in total. The van der Waals surface area contributed by atoms with Crippen LogP contribution in [0, 0.1) is 0 Å². The number of hydrogen-bond donors (Lipinski definition) is 1. The summed E-state index contributed by atoms with van der Waals surface area (Å²) in [6.45, 7) is 1.72. The van der Waals surface area contributed by atoms with Crippen LogP contribution < -0.4 is 10.1 Å². The van der Waals surface area contributed by atoms with Crippen molar-refractivity contribution in [3.8, 4) is 5.75 Å². The van der Waals surface area contributed by atoms with Crippen molar-refractivity contribution in [3.63, 3.8) is 0 Å². The lowest BCUT2D eigenvalue weighted by Gasteiger charge is -2.27. The van der Waals surface area contributed by atoms with E-state index in [0.29, 0.717) is 11.3 Å². The second-order valence-corrected chi connectivity index (χ2v) is 6.43. The van der Waals surface area contributed by atoms with Gasteiger partial charge in [0.25, 0.3) is 5.91 Å². The number of hydrogen-bond acceptors (Lipinski definition) is 4. The van der Waals surface area contributed by atoms with Crippen LogP contribution in [0.5, 0.6) is 5.75 Å². The van der Waals surface area contributed by atoms with E-state index < -0.39 is 12.1 Å². The lowest BCUT2D eigenvalue weighted by Crippen LogP contribution is -2.39. The molecule has 0 spiro atoms. The number of ether oxygens (including phenoxy) is 2. The fourth-order valence-corrected chi connectivity index (χ4v) is 3.24. The number of esters is 1. The number of benzene rings is 2. The van der Waals surface area contributed by atoms with Crippen molar-refractivity contribution in [1.29, 1.82) is 0 Å². The van der Waals surface area contributed by atoms with Gasteiger partial charge in [0, 0.05) is 0 Å². The molecule has 3 rings (SSSR count). The molecule has 0 aromatic heterocycles. The molecular formula is C21H23NO4. The van der Waals surface area contributed by atoms with Gasteiger partial charge in [-0.25, -0.2) is 4.79 Å². The molecule has 5 heteroatoms. The molecule has 1 N–H and O–H groups in total. The van der Waals surface area contributed by atoms with Gasteiger partial charge in [0.15, 0.2) is 6.10 Å². The van der Waals surface area contributed by atoms with E-state index >= 15 is 0 Å². The predicted molar refractivity (Wildman–Crippen MR) is 98.1 cm³/mol. The second-order valence-electron chi connectivity index (χ2n) is 6.43. The van der Waals surface area contributed by atoms with Crippen LogP contribution in [-0.2, 0) is 16.0 Å². The molecular weight excluding hydrogens is 330 g/mol. The third kappa shape index (κ3) is 4.04. The first-order chi connectivity index (χ1) is 12.6. The van der Waals surface area contributed by atoms with E-state index in [1.807, 2.05) is 12.1 Å². The number of fused-ring (bicyclic) bond motifs is 1. The summed E-state index contributed by atoms with van der Waals surface area (Å²) in [5.41, 5.74) is 2.94. The largest absolute Gasteiger partial charge is 0.481 e. The van der Waals surface area contributed by atoms with Gasteiger partial charge < -0.3 is 14.8 Å². The lowest BCUT2D eigenvalue weighted by atomic mass is 9.87. The number of amides is 1. The summed E-state index contributed by atoms with van der Waals surface area (Å²) in [6, 6.07) is 14.8. The monoisotopic (exact) mass is 353 g/mol. The molecule has 0 fully saturated rings. The van der Waals surface area contributed by atoms with Crippen molar-refractivity contribution in [2.75, 3.05) is 7.11 Å². The molecule has 0 bridgehead atoms. The molecule has 1 aliphatic carbocycles. The smallest absolute Gasteiger partial charge is 0.337 e. The Labute approximate surface area is 153 Å². The van der Waals surface area contributed by atoms with Crippen LogP contribution in [0.3, 0.4) is 0 Å². The molecule has 2 atom stereocenters. The van der Waals surface area contributed by atoms with Gasteiger partial charge in [0.2, 0.25) is 0 Å². The van der Waals surface area contributed by atoms with Gasteiger partial charge in [0.1, 0.15) is 5.75 Å². The highest BCUT2D eigenvalue weighted by molar-refractivity contribution is 5.89.